The third kappa shape index (κ3) is 3.10. The normalized spacial score (nSPS) is 24.4. The van der Waals surface area contributed by atoms with E-state index in [0.717, 1.165) is 13.0 Å². The molecule has 1 aliphatic heterocycles. The summed E-state index contributed by atoms with van der Waals surface area (Å²) in [5.74, 6) is 1.28. The maximum absolute atomic E-state index is 5.99. The van der Waals surface area contributed by atoms with Crippen LogP contribution in [0.25, 0.3) is 0 Å². The van der Waals surface area contributed by atoms with E-state index < -0.39 is 0 Å². The molecule has 0 aromatic heterocycles. The number of nitrogens with two attached hydrogens (primary N) is 1. The van der Waals surface area contributed by atoms with Gasteiger partial charge in [-0.15, -0.1) is 0 Å². The topological polar surface area (TPSA) is 26.0 Å². The Labute approximate surface area is 116 Å². The van der Waals surface area contributed by atoms with Gasteiger partial charge in [0.15, 0.2) is 0 Å². The first-order valence-corrected chi connectivity index (χ1v) is 7.87. The highest BCUT2D eigenvalue weighted by atomic mass is 32.2. The molecule has 0 aliphatic carbocycles. The number of rotatable bonds is 3. The lowest BCUT2D eigenvalue weighted by atomic mass is 9.85. The minimum Gasteiger partial charge on any atom is -0.329 e. The lowest BCUT2D eigenvalue weighted by Crippen LogP contribution is -2.34. The van der Waals surface area contributed by atoms with Gasteiger partial charge >= 0.3 is 0 Å². The second-order valence-electron chi connectivity index (χ2n) is 6.46. The Balaban J connectivity index is 2.11. The Hall–Kier alpha value is -0.470. The van der Waals surface area contributed by atoms with Gasteiger partial charge in [-0.2, -0.15) is 11.8 Å². The molecule has 1 unspecified atom stereocenters. The summed E-state index contributed by atoms with van der Waals surface area (Å²) in [7, 11) is 0. The van der Waals surface area contributed by atoms with E-state index in [-0.39, 0.29) is 5.41 Å². The van der Waals surface area contributed by atoms with Crippen molar-refractivity contribution in [3.63, 3.8) is 0 Å². The van der Waals surface area contributed by atoms with Crippen LogP contribution in [0.2, 0.25) is 0 Å². The van der Waals surface area contributed by atoms with Gasteiger partial charge in [0, 0.05) is 11.3 Å². The summed E-state index contributed by atoms with van der Waals surface area (Å²) in [5, 5.41) is 0. The molecule has 1 nitrogen and oxygen atoms in total. The zero-order chi connectivity index (χ0) is 13.2. The van der Waals surface area contributed by atoms with Crippen LogP contribution in [0, 0.1) is 0 Å². The quantitative estimate of drug-likeness (QED) is 0.899. The van der Waals surface area contributed by atoms with Crippen LogP contribution in [0.15, 0.2) is 24.3 Å². The first-order chi connectivity index (χ1) is 8.45. The summed E-state index contributed by atoms with van der Waals surface area (Å²) in [6.45, 7) is 7.58. The summed E-state index contributed by atoms with van der Waals surface area (Å²) in [6.07, 6.45) is 3.72. The summed E-state index contributed by atoms with van der Waals surface area (Å²) in [6, 6.07) is 9.13. The summed E-state index contributed by atoms with van der Waals surface area (Å²) >= 11 is 2.07. The summed E-state index contributed by atoms with van der Waals surface area (Å²) in [5.41, 5.74) is 9.08. The lowest BCUT2D eigenvalue weighted by Gasteiger charge is -2.27. The third-order valence-electron chi connectivity index (χ3n) is 3.90. The van der Waals surface area contributed by atoms with Crippen LogP contribution >= 0.6 is 11.8 Å². The van der Waals surface area contributed by atoms with Gasteiger partial charge in [0.1, 0.15) is 0 Å². The highest BCUT2D eigenvalue weighted by Crippen LogP contribution is 2.40. The van der Waals surface area contributed by atoms with Crippen molar-refractivity contribution in [2.75, 3.05) is 12.3 Å². The van der Waals surface area contributed by atoms with Gasteiger partial charge in [0.25, 0.3) is 0 Å². The SMILES string of the molecule is CC(C)(C)c1ccc(CC2(CN)CCCS2)cc1. The molecular weight excluding hydrogens is 238 g/mol. The molecule has 0 bridgehead atoms. The summed E-state index contributed by atoms with van der Waals surface area (Å²) < 4.78 is 0.309. The van der Waals surface area contributed by atoms with E-state index in [1.807, 2.05) is 0 Å². The smallest absolute Gasteiger partial charge is 0.0322 e. The Bertz CT molecular complexity index is 383. The molecule has 1 atom stereocenters. The van der Waals surface area contributed by atoms with Gasteiger partial charge in [0.05, 0.1) is 0 Å². The Morgan fingerprint density at radius 2 is 1.89 bits per heavy atom. The van der Waals surface area contributed by atoms with Crippen molar-refractivity contribution in [3.8, 4) is 0 Å². The lowest BCUT2D eigenvalue weighted by molar-refractivity contribution is 0.563. The van der Waals surface area contributed by atoms with Crippen molar-refractivity contribution in [3.05, 3.63) is 35.4 Å². The Kier molecular flexibility index (Phi) is 4.08. The fourth-order valence-corrected chi connectivity index (χ4v) is 4.02. The second-order valence-corrected chi connectivity index (χ2v) is 8.03. The van der Waals surface area contributed by atoms with Gasteiger partial charge in [-0.25, -0.2) is 0 Å². The maximum Gasteiger partial charge on any atom is 0.0322 e. The van der Waals surface area contributed by atoms with E-state index in [2.05, 4.69) is 56.8 Å². The molecule has 2 N–H and O–H groups in total. The van der Waals surface area contributed by atoms with Crippen molar-refractivity contribution >= 4 is 11.8 Å². The molecule has 0 amide bonds. The average molecular weight is 263 g/mol. The van der Waals surface area contributed by atoms with E-state index in [9.17, 15) is 0 Å². The van der Waals surface area contributed by atoms with Gasteiger partial charge in [-0.3, -0.25) is 0 Å². The molecule has 1 aromatic rings. The van der Waals surface area contributed by atoms with Crippen LogP contribution in [0.1, 0.15) is 44.7 Å². The van der Waals surface area contributed by atoms with Crippen LogP contribution in [0.5, 0.6) is 0 Å². The molecule has 0 saturated carbocycles. The molecule has 1 saturated heterocycles. The fraction of sp³-hybridized carbons (Fsp3) is 0.625. The van der Waals surface area contributed by atoms with E-state index in [1.54, 1.807) is 0 Å². The number of hydrogen-bond donors (Lipinski definition) is 1. The summed E-state index contributed by atoms with van der Waals surface area (Å²) in [4.78, 5) is 0. The zero-order valence-electron chi connectivity index (χ0n) is 11.8. The largest absolute Gasteiger partial charge is 0.329 e. The molecule has 1 fully saturated rings. The van der Waals surface area contributed by atoms with E-state index in [1.165, 1.54) is 29.7 Å². The van der Waals surface area contributed by atoms with E-state index in [0.29, 0.717) is 4.75 Å². The number of benzene rings is 1. The van der Waals surface area contributed by atoms with E-state index in [4.69, 9.17) is 5.73 Å². The third-order valence-corrected chi connectivity index (χ3v) is 5.52. The molecule has 100 valence electrons. The highest BCUT2D eigenvalue weighted by Gasteiger charge is 2.33. The molecule has 2 heteroatoms. The van der Waals surface area contributed by atoms with Crippen molar-refractivity contribution < 1.29 is 0 Å². The Morgan fingerprint density at radius 3 is 2.33 bits per heavy atom. The van der Waals surface area contributed by atoms with E-state index >= 15 is 0 Å². The monoisotopic (exact) mass is 263 g/mol. The highest BCUT2D eigenvalue weighted by molar-refractivity contribution is 8.00. The van der Waals surface area contributed by atoms with Crippen molar-refractivity contribution in [2.45, 2.75) is 50.2 Å². The standard InChI is InChI=1S/C16H25NS/c1-15(2,3)14-7-5-13(6-8-14)11-16(12-17)9-4-10-18-16/h5-8H,4,9-12,17H2,1-3H3. The average Bonchev–Trinajstić information content (AvgIpc) is 2.78. The molecule has 0 radical (unpaired) electrons. The molecule has 1 heterocycles. The minimum atomic E-state index is 0.242. The van der Waals surface area contributed by atoms with Gasteiger partial charge in [0.2, 0.25) is 0 Å². The van der Waals surface area contributed by atoms with Gasteiger partial charge < -0.3 is 5.73 Å². The van der Waals surface area contributed by atoms with Crippen LogP contribution in [-0.2, 0) is 11.8 Å². The predicted octanol–water partition coefficient (Wildman–Crippen LogP) is 3.75. The Morgan fingerprint density at radius 1 is 1.22 bits per heavy atom. The molecule has 18 heavy (non-hydrogen) atoms. The number of hydrogen-bond acceptors (Lipinski definition) is 2. The first-order valence-electron chi connectivity index (χ1n) is 6.89. The fourth-order valence-electron chi connectivity index (χ4n) is 2.62. The van der Waals surface area contributed by atoms with Crippen LogP contribution in [-0.4, -0.2) is 17.0 Å². The van der Waals surface area contributed by atoms with Crippen molar-refractivity contribution in [1.29, 1.82) is 0 Å². The van der Waals surface area contributed by atoms with Crippen LogP contribution in [0.3, 0.4) is 0 Å². The molecule has 1 aromatic carbocycles. The van der Waals surface area contributed by atoms with Crippen LogP contribution < -0.4 is 5.73 Å². The van der Waals surface area contributed by atoms with Crippen LogP contribution in [0.4, 0.5) is 0 Å². The van der Waals surface area contributed by atoms with Gasteiger partial charge in [-0.1, -0.05) is 45.0 Å². The van der Waals surface area contributed by atoms with Gasteiger partial charge in [-0.05, 0) is 41.6 Å². The van der Waals surface area contributed by atoms with Crippen molar-refractivity contribution in [1.82, 2.24) is 0 Å². The minimum absolute atomic E-state index is 0.242. The molecular formula is C16H25NS. The predicted molar refractivity (Wildman–Crippen MR) is 82.3 cm³/mol. The first kappa shape index (κ1) is 14.0. The molecule has 2 rings (SSSR count). The zero-order valence-corrected chi connectivity index (χ0v) is 12.6. The second kappa shape index (κ2) is 5.26. The van der Waals surface area contributed by atoms with Crippen molar-refractivity contribution in [2.24, 2.45) is 5.73 Å². The maximum atomic E-state index is 5.99. The molecule has 0 spiro atoms. The molecule has 1 aliphatic rings. The number of thioether (sulfide) groups is 1.